The molecule has 1 N–H and O–H groups in total. The van der Waals surface area contributed by atoms with Crippen LogP contribution in [0.3, 0.4) is 0 Å². The third kappa shape index (κ3) is 4.19. The molecule has 1 aromatic carbocycles. The van der Waals surface area contributed by atoms with E-state index in [1.165, 1.54) is 18.2 Å². The molecule has 0 saturated heterocycles. The molecule has 0 atom stereocenters. The minimum absolute atomic E-state index is 0.0978. The van der Waals surface area contributed by atoms with E-state index in [0.29, 0.717) is 17.8 Å². The second-order valence-corrected chi connectivity index (χ2v) is 7.12. The van der Waals surface area contributed by atoms with Crippen LogP contribution in [0.1, 0.15) is 43.6 Å². The number of hydrogen-bond donors (Lipinski definition) is 1. The monoisotopic (exact) mass is 417 g/mol. The number of esters is 1. The molecule has 2 heterocycles. The van der Waals surface area contributed by atoms with E-state index < -0.39 is 17.3 Å². The van der Waals surface area contributed by atoms with Crippen molar-refractivity contribution in [2.45, 2.75) is 33.1 Å². The van der Waals surface area contributed by atoms with Gasteiger partial charge in [-0.05, 0) is 25.5 Å². The van der Waals surface area contributed by atoms with Gasteiger partial charge in [-0.25, -0.2) is 9.18 Å². The van der Waals surface area contributed by atoms with Crippen LogP contribution in [0.25, 0.3) is 16.5 Å². The third-order valence-corrected chi connectivity index (χ3v) is 5.11. The second-order valence-electron chi connectivity index (χ2n) is 6.24. The standard InChI is InChI=1S/C20H20FN3O4S/c1-3-5-10-15(25)22-18-16-12(11-29-18)17(20(27)28-4-2)23-24(19(16)26)14-9-7-6-8-13(14)21/h6-9,11H,3-5,10H2,1-2H3,(H,22,25). The maximum atomic E-state index is 14.3. The predicted molar refractivity (Wildman–Crippen MR) is 109 cm³/mol. The van der Waals surface area contributed by atoms with Crippen LogP contribution in [-0.4, -0.2) is 28.3 Å². The highest BCUT2D eigenvalue weighted by Crippen LogP contribution is 2.31. The van der Waals surface area contributed by atoms with Gasteiger partial charge in [-0.2, -0.15) is 9.78 Å². The summed E-state index contributed by atoms with van der Waals surface area (Å²) >= 11 is 1.11. The highest BCUT2D eigenvalue weighted by atomic mass is 32.1. The van der Waals surface area contributed by atoms with E-state index in [9.17, 15) is 18.8 Å². The molecule has 9 heteroatoms. The fraction of sp³-hybridized carbons (Fsp3) is 0.300. The molecule has 0 bridgehead atoms. The van der Waals surface area contributed by atoms with Gasteiger partial charge in [0.1, 0.15) is 16.5 Å². The summed E-state index contributed by atoms with van der Waals surface area (Å²) in [4.78, 5) is 37.7. The van der Waals surface area contributed by atoms with Gasteiger partial charge in [-0.1, -0.05) is 25.5 Å². The van der Waals surface area contributed by atoms with E-state index in [2.05, 4.69) is 10.4 Å². The highest BCUT2D eigenvalue weighted by Gasteiger charge is 2.23. The van der Waals surface area contributed by atoms with Crippen molar-refractivity contribution in [2.24, 2.45) is 0 Å². The van der Waals surface area contributed by atoms with Gasteiger partial charge in [0.2, 0.25) is 5.91 Å². The number of thiophene rings is 1. The number of benzene rings is 1. The molecule has 3 aromatic rings. The number of rotatable bonds is 7. The summed E-state index contributed by atoms with van der Waals surface area (Å²) in [5.41, 5.74) is -0.848. The number of anilines is 1. The van der Waals surface area contributed by atoms with Gasteiger partial charge < -0.3 is 10.1 Å². The summed E-state index contributed by atoms with van der Waals surface area (Å²) in [5, 5.41) is 9.02. The molecule has 0 radical (unpaired) electrons. The van der Waals surface area contributed by atoms with E-state index in [0.717, 1.165) is 22.4 Å². The first-order valence-corrected chi connectivity index (χ1v) is 10.1. The summed E-state index contributed by atoms with van der Waals surface area (Å²) in [6, 6.07) is 5.62. The molecule has 0 aliphatic carbocycles. The number of ether oxygens (including phenoxy) is 1. The maximum Gasteiger partial charge on any atom is 0.359 e. The lowest BCUT2D eigenvalue weighted by atomic mass is 10.2. The molecule has 0 aliphatic rings. The summed E-state index contributed by atoms with van der Waals surface area (Å²) < 4.78 is 20.2. The quantitative estimate of drug-likeness (QED) is 0.589. The van der Waals surface area contributed by atoms with Crippen LogP contribution in [0.4, 0.5) is 9.39 Å². The van der Waals surface area contributed by atoms with Gasteiger partial charge in [0.15, 0.2) is 5.69 Å². The smallest absolute Gasteiger partial charge is 0.359 e. The first kappa shape index (κ1) is 20.7. The molecule has 152 valence electrons. The number of nitrogens with zero attached hydrogens (tertiary/aromatic N) is 2. The van der Waals surface area contributed by atoms with E-state index in [1.54, 1.807) is 18.4 Å². The summed E-state index contributed by atoms with van der Waals surface area (Å²) in [5.74, 6) is -1.63. The van der Waals surface area contributed by atoms with E-state index in [-0.39, 0.29) is 34.7 Å². The zero-order chi connectivity index (χ0) is 21.0. The lowest BCUT2D eigenvalue weighted by Crippen LogP contribution is -2.26. The Morgan fingerprint density at radius 3 is 2.72 bits per heavy atom. The minimum Gasteiger partial charge on any atom is -0.461 e. The molecular formula is C20H20FN3O4S. The lowest BCUT2D eigenvalue weighted by Gasteiger charge is -2.10. The number of amides is 1. The Morgan fingerprint density at radius 1 is 1.28 bits per heavy atom. The summed E-state index contributed by atoms with van der Waals surface area (Å²) in [6.07, 6.45) is 1.88. The number of aromatic nitrogens is 2. The average molecular weight is 417 g/mol. The van der Waals surface area contributed by atoms with Gasteiger partial charge >= 0.3 is 5.97 Å². The number of halogens is 1. The molecule has 3 rings (SSSR count). The molecule has 7 nitrogen and oxygen atoms in total. The number of hydrogen-bond acceptors (Lipinski definition) is 6. The molecule has 0 unspecified atom stereocenters. The third-order valence-electron chi connectivity index (χ3n) is 4.21. The van der Waals surface area contributed by atoms with Crippen molar-refractivity contribution in [1.82, 2.24) is 9.78 Å². The van der Waals surface area contributed by atoms with Crippen LogP contribution in [0.15, 0.2) is 34.4 Å². The number of para-hydroxylation sites is 1. The second kappa shape index (κ2) is 8.95. The van der Waals surface area contributed by atoms with Crippen LogP contribution in [0.2, 0.25) is 0 Å². The Bertz CT molecular complexity index is 1120. The van der Waals surface area contributed by atoms with Crippen molar-refractivity contribution in [3.8, 4) is 5.69 Å². The normalized spacial score (nSPS) is 10.9. The molecule has 0 fully saturated rings. The molecular weight excluding hydrogens is 397 g/mol. The van der Waals surface area contributed by atoms with Crippen molar-refractivity contribution in [3.63, 3.8) is 0 Å². The summed E-state index contributed by atoms with van der Waals surface area (Å²) in [7, 11) is 0. The Labute approximate surface area is 170 Å². The molecule has 2 aromatic heterocycles. The van der Waals surface area contributed by atoms with E-state index in [1.807, 2.05) is 6.92 Å². The lowest BCUT2D eigenvalue weighted by molar-refractivity contribution is -0.116. The van der Waals surface area contributed by atoms with Crippen LogP contribution in [-0.2, 0) is 9.53 Å². The van der Waals surface area contributed by atoms with Crippen LogP contribution >= 0.6 is 11.3 Å². The average Bonchev–Trinajstić information content (AvgIpc) is 3.11. The number of carbonyl (C=O) groups excluding carboxylic acids is 2. The maximum absolute atomic E-state index is 14.3. The van der Waals surface area contributed by atoms with E-state index >= 15 is 0 Å². The van der Waals surface area contributed by atoms with Crippen molar-refractivity contribution in [1.29, 1.82) is 0 Å². The number of fused-ring (bicyclic) bond motifs is 1. The fourth-order valence-electron chi connectivity index (χ4n) is 2.81. The van der Waals surface area contributed by atoms with Gasteiger partial charge in [0, 0.05) is 17.2 Å². The highest BCUT2D eigenvalue weighted by molar-refractivity contribution is 7.16. The molecule has 1 amide bonds. The van der Waals surface area contributed by atoms with Crippen molar-refractivity contribution in [3.05, 3.63) is 51.5 Å². The zero-order valence-corrected chi connectivity index (χ0v) is 16.8. The van der Waals surface area contributed by atoms with Gasteiger partial charge in [-0.3, -0.25) is 9.59 Å². The Hall–Kier alpha value is -3.07. The zero-order valence-electron chi connectivity index (χ0n) is 16.0. The van der Waals surface area contributed by atoms with Gasteiger partial charge in [-0.15, -0.1) is 11.3 Å². The minimum atomic E-state index is -0.732. The predicted octanol–water partition coefficient (Wildman–Crippen LogP) is 3.89. The molecule has 29 heavy (non-hydrogen) atoms. The number of unbranched alkanes of at least 4 members (excludes halogenated alkanes) is 1. The van der Waals surface area contributed by atoms with Gasteiger partial charge in [0.25, 0.3) is 5.56 Å². The Morgan fingerprint density at radius 2 is 2.03 bits per heavy atom. The number of nitrogens with one attached hydrogen (secondary N) is 1. The van der Waals surface area contributed by atoms with Crippen molar-refractivity contribution in [2.75, 3.05) is 11.9 Å². The van der Waals surface area contributed by atoms with Crippen molar-refractivity contribution < 1.29 is 18.7 Å². The van der Waals surface area contributed by atoms with Crippen LogP contribution < -0.4 is 10.9 Å². The Balaban J connectivity index is 2.22. The van der Waals surface area contributed by atoms with Gasteiger partial charge in [0.05, 0.1) is 12.0 Å². The largest absolute Gasteiger partial charge is 0.461 e. The summed E-state index contributed by atoms with van der Waals surface area (Å²) in [6.45, 7) is 3.73. The molecule has 0 spiro atoms. The van der Waals surface area contributed by atoms with Crippen molar-refractivity contribution >= 4 is 39.0 Å². The topological polar surface area (TPSA) is 90.3 Å². The van der Waals surface area contributed by atoms with Crippen LogP contribution in [0, 0.1) is 5.82 Å². The SMILES string of the molecule is CCCCC(=O)Nc1scc2c(C(=O)OCC)nn(-c3ccccc3F)c(=O)c12. The first-order valence-electron chi connectivity index (χ1n) is 9.24. The molecule has 0 aliphatic heterocycles. The van der Waals surface area contributed by atoms with Crippen LogP contribution in [0.5, 0.6) is 0 Å². The first-order chi connectivity index (χ1) is 14.0. The number of carbonyl (C=O) groups is 2. The fourth-order valence-corrected chi connectivity index (χ4v) is 3.76. The van der Waals surface area contributed by atoms with E-state index in [4.69, 9.17) is 4.74 Å². The molecule has 0 saturated carbocycles. The Kier molecular flexibility index (Phi) is 6.38.